The van der Waals surface area contributed by atoms with Gasteiger partial charge in [-0.2, -0.15) is 5.10 Å². The van der Waals surface area contributed by atoms with Crippen LogP contribution in [0.4, 0.5) is 4.39 Å². The van der Waals surface area contributed by atoms with E-state index >= 15 is 0 Å². The Morgan fingerprint density at radius 1 is 1.42 bits per heavy atom. The summed E-state index contributed by atoms with van der Waals surface area (Å²) in [4.78, 5) is 0. The summed E-state index contributed by atoms with van der Waals surface area (Å²) in [6.07, 6.45) is 1.65. The van der Waals surface area contributed by atoms with Crippen LogP contribution in [0.25, 0.3) is 0 Å². The summed E-state index contributed by atoms with van der Waals surface area (Å²) in [6, 6.07) is 4.60. The third kappa shape index (κ3) is 2.79. The predicted molar refractivity (Wildman–Crippen MR) is 74.8 cm³/mol. The topological polar surface area (TPSA) is 39.1 Å². The van der Waals surface area contributed by atoms with E-state index < -0.39 is 0 Å². The summed E-state index contributed by atoms with van der Waals surface area (Å²) in [5, 5.41) is 7.34. The van der Waals surface area contributed by atoms with Gasteiger partial charge in [0.25, 0.3) is 0 Å². The molecule has 1 N–H and O–H groups in total. The van der Waals surface area contributed by atoms with Gasteiger partial charge in [0.05, 0.1) is 19.3 Å². The number of aryl methyl sites for hydroxylation is 1. The van der Waals surface area contributed by atoms with Crippen molar-refractivity contribution >= 4 is 15.9 Å². The van der Waals surface area contributed by atoms with E-state index in [1.54, 1.807) is 18.0 Å². The second-order valence-corrected chi connectivity index (χ2v) is 5.06. The quantitative estimate of drug-likeness (QED) is 0.938. The van der Waals surface area contributed by atoms with Crippen LogP contribution in [-0.4, -0.2) is 23.9 Å². The SMILES string of the molecule is CNC(c1cc(F)cc(Br)c1)c1c(OC)cnn1C. The molecular weight excluding hydrogens is 313 g/mol. The van der Waals surface area contributed by atoms with Crippen LogP contribution < -0.4 is 10.1 Å². The first kappa shape index (κ1) is 14.0. The van der Waals surface area contributed by atoms with E-state index in [1.165, 1.54) is 12.1 Å². The maximum absolute atomic E-state index is 13.5. The minimum atomic E-state index is -0.286. The van der Waals surface area contributed by atoms with E-state index in [1.807, 2.05) is 20.2 Å². The number of hydrogen-bond donors (Lipinski definition) is 1. The Morgan fingerprint density at radius 2 is 2.16 bits per heavy atom. The van der Waals surface area contributed by atoms with Crippen molar-refractivity contribution in [2.75, 3.05) is 14.2 Å². The zero-order valence-electron chi connectivity index (χ0n) is 10.9. The lowest BCUT2D eigenvalue weighted by Crippen LogP contribution is -2.21. The fourth-order valence-corrected chi connectivity index (χ4v) is 2.60. The number of nitrogens with zero attached hydrogens (tertiary/aromatic N) is 2. The van der Waals surface area contributed by atoms with Gasteiger partial charge in [-0.05, 0) is 30.8 Å². The van der Waals surface area contributed by atoms with Crippen LogP contribution >= 0.6 is 15.9 Å². The second-order valence-electron chi connectivity index (χ2n) is 4.15. The van der Waals surface area contributed by atoms with Crippen molar-refractivity contribution in [1.29, 1.82) is 0 Å². The maximum atomic E-state index is 13.5. The van der Waals surface area contributed by atoms with Crippen LogP contribution in [0.15, 0.2) is 28.9 Å². The normalized spacial score (nSPS) is 12.5. The highest BCUT2D eigenvalue weighted by Crippen LogP contribution is 2.30. The first-order chi connectivity index (χ1) is 9.06. The van der Waals surface area contributed by atoms with Crippen molar-refractivity contribution in [1.82, 2.24) is 15.1 Å². The van der Waals surface area contributed by atoms with Crippen molar-refractivity contribution in [3.63, 3.8) is 0 Å². The van der Waals surface area contributed by atoms with E-state index in [0.29, 0.717) is 10.2 Å². The first-order valence-corrected chi connectivity index (χ1v) is 6.55. The molecule has 102 valence electrons. The molecule has 0 saturated carbocycles. The van der Waals surface area contributed by atoms with Gasteiger partial charge in [-0.1, -0.05) is 15.9 Å². The Kier molecular flexibility index (Phi) is 4.21. The van der Waals surface area contributed by atoms with Crippen molar-refractivity contribution in [2.45, 2.75) is 6.04 Å². The van der Waals surface area contributed by atoms with Gasteiger partial charge in [0.2, 0.25) is 0 Å². The molecule has 1 aromatic heterocycles. The Balaban J connectivity index is 2.52. The molecule has 0 radical (unpaired) electrons. The molecular formula is C13H15BrFN3O. The summed E-state index contributed by atoms with van der Waals surface area (Å²) in [5.41, 5.74) is 1.65. The van der Waals surface area contributed by atoms with Crippen molar-refractivity contribution in [3.8, 4) is 5.75 Å². The number of nitrogens with one attached hydrogen (secondary N) is 1. The molecule has 0 fully saturated rings. The third-order valence-electron chi connectivity index (χ3n) is 2.95. The van der Waals surface area contributed by atoms with E-state index in [2.05, 4.69) is 26.3 Å². The van der Waals surface area contributed by atoms with E-state index in [-0.39, 0.29) is 11.9 Å². The van der Waals surface area contributed by atoms with E-state index in [9.17, 15) is 4.39 Å². The standard InChI is InChI=1S/C13H15BrFN3O/c1-16-12(8-4-9(14)6-10(15)5-8)13-11(19-3)7-17-18(13)2/h4-7,12,16H,1-3H3. The molecule has 4 nitrogen and oxygen atoms in total. The Labute approximate surface area is 119 Å². The monoisotopic (exact) mass is 327 g/mol. The van der Waals surface area contributed by atoms with Crippen molar-refractivity contribution in [2.24, 2.45) is 7.05 Å². The molecule has 0 amide bonds. The molecule has 19 heavy (non-hydrogen) atoms. The average molecular weight is 328 g/mol. The van der Waals surface area contributed by atoms with Gasteiger partial charge >= 0.3 is 0 Å². The van der Waals surface area contributed by atoms with Crippen LogP contribution in [0.1, 0.15) is 17.3 Å². The summed E-state index contributed by atoms with van der Waals surface area (Å²) in [6.45, 7) is 0. The zero-order valence-corrected chi connectivity index (χ0v) is 12.5. The maximum Gasteiger partial charge on any atom is 0.161 e. The molecule has 0 aliphatic rings. The molecule has 1 unspecified atom stereocenters. The van der Waals surface area contributed by atoms with Gasteiger partial charge in [0.1, 0.15) is 11.5 Å². The first-order valence-electron chi connectivity index (χ1n) is 5.76. The fourth-order valence-electron chi connectivity index (χ4n) is 2.12. The van der Waals surface area contributed by atoms with Gasteiger partial charge in [-0.15, -0.1) is 0 Å². The van der Waals surface area contributed by atoms with Crippen LogP contribution in [0, 0.1) is 5.82 Å². The molecule has 2 aromatic rings. The molecule has 2 rings (SSSR count). The van der Waals surface area contributed by atoms with Gasteiger partial charge in [0, 0.05) is 11.5 Å². The highest BCUT2D eigenvalue weighted by molar-refractivity contribution is 9.10. The molecule has 0 bridgehead atoms. The molecule has 6 heteroatoms. The second kappa shape index (κ2) is 5.71. The van der Waals surface area contributed by atoms with Gasteiger partial charge in [0.15, 0.2) is 5.75 Å². The molecule has 0 aliphatic heterocycles. The fraction of sp³-hybridized carbons (Fsp3) is 0.308. The van der Waals surface area contributed by atoms with Gasteiger partial charge in [-0.25, -0.2) is 4.39 Å². The van der Waals surface area contributed by atoms with E-state index in [0.717, 1.165) is 11.3 Å². The molecule has 0 spiro atoms. The molecule has 0 aliphatic carbocycles. The number of methoxy groups -OCH3 is 1. The van der Waals surface area contributed by atoms with Crippen LogP contribution in [-0.2, 0) is 7.05 Å². The van der Waals surface area contributed by atoms with Crippen LogP contribution in [0.3, 0.4) is 0 Å². The Bertz CT molecular complexity index is 565. The number of aromatic nitrogens is 2. The molecule has 0 saturated heterocycles. The minimum absolute atomic E-state index is 0.200. The Hall–Kier alpha value is -1.40. The summed E-state index contributed by atoms with van der Waals surface area (Å²) < 4.78 is 21.3. The molecule has 1 heterocycles. The lowest BCUT2D eigenvalue weighted by Gasteiger charge is -2.19. The highest BCUT2D eigenvalue weighted by atomic mass is 79.9. The third-order valence-corrected chi connectivity index (χ3v) is 3.41. The van der Waals surface area contributed by atoms with Gasteiger partial charge < -0.3 is 10.1 Å². The Morgan fingerprint density at radius 3 is 2.74 bits per heavy atom. The largest absolute Gasteiger partial charge is 0.493 e. The van der Waals surface area contributed by atoms with E-state index in [4.69, 9.17) is 4.74 Å². The van der Waals surface area contributed by atoms with Crippen LogP contribution in [0.2, 0.25) is 0 Å². The van der Waals surface area contributed by atoms with Crippen LogP contribution in [0.5, 0.6) is 5.75 Å². The number of benzene rings is 1. The van der Waals surface area contributed by atoms with Gasteiger partial charge in [-0.3, -0.25) is 4.68 Å². The smallest absolute Gasteiger partial charge is 0.161 e. The minimum Gasteiger partial charge on any atom is -0.493 e. The zero-order chi connectivity index (χ0) is 14.0. The average Bonchev–Trinajstić information content (AvgIpc) is 2.71. The summed E-state index contributed by atoms with van der Waals surface area (Å²) >= 11 is 3.31. The lowest BCUT2D eigenvalue weighted by molar-refractivity contribution is 0.402. The number of ether oxygens (including phenoxy) is 1. The molecule has 1 atom stereocenters. The highest BCUT2D eigenvalue weighted by Gasteiger charge is 2.21. The number of halogens is 2. The molecule has 1 aromatic carbocycles. The number of hydrogen-bond acceptors (Lipinski definition) is 3. The lowest BCUT2D eigenvalue weighted by atomic mass is 10.0. The number of rotatable bonds is 4. The predicted octanol–water partition coefficient (Wildman–Crippen LogP) is 2.64. The summed E-state index contributed by atoms with van der Waals surface area (Å²) in [7, 11) is 5.24. The van der Waals surface area contributed by atoms with Crippen molar-refractivity contribution in [3.05, 3.63) is 45.9 Å². The van der Waals surface area contributed by atoms with Crippen molar-refractivity contribution < 1.29 is 9.13 Å². The summed E-state index contributed by atoms with van der Waals surface area (Å²) in [5.74, 6) is 0.382.